The molecule has 2 heterocycles. The second-order valence-corrected chi connectivity index (χ2v) is 6.98. The first-order valence-electron chi connectivity index (χ1n) is 7.10. The van der Waals surface area contributed by atoms with Gasteiger partial charge < -0.3 is 10.5 Å². The molecule has 2 N–H and O–H groups in total. The fourth-order valence-corrected chi connectivity index (χ4v) is 3.33. The molecular formula is C17H11BrN4OS. The van der Waals surface area contributed by atoms with Gasteiger partial charge >= 0.3 is 0 Å². The molecule has 0 atom stereocenters. The van der Waals surface area contributed by atoms with Crippen LogP contribution in [-0.4, -0.2) is 15.0 Å². The van der Waals surface area contributed by atoms with Crippen molar-refractivity contribution < 1.29 is 4.74 Å². The van der Waals surface area contributed by atoms with E-state index in [1.54, 1.807) is 6.07 Å². The van der Waals surface area contributed by atoms with E-state index in [1.165, 1.54) is 17.7 Å². The fraction of sp³-hybridized carbons (Fsp3) is 0. The highest BCUT2D eigenvalue weighted by atomic mass is 79.9. The first-order chi connectivity index (χ1) is 11.7. The standard InChI is InChI=1S/C17H11BrN4OS/c18-11-6-4-10(5-7-11)12-8-15(21-9-20-12)23-13-2-1-3-14-16(13)22-17(19)24-14/h1-9H,(H2,19,22). The van der Waals surface area contributed by atoms with E-state index in [9.17, 15) is 0 Å². The van der Waals surface area contributed by atoms with Crippen LogP contribution in [0.1, 0.15) is 0 Å². The molecule has 0 saturated carbocycles. The molecule has 0 saturated heterocycles. The van der Waals surface area contributed by atoms with E-state index in [0.717, 1.165) is 25.9 Å². The number of fused-ring (bicyclic) bond motifs is 1. The number of anilines is 1. The first-order valence-corrected chi connectivity index (χ1v) is 8.71. The molecule has 0 bridgehead atoms. The highest BCUT2D eigenvalue weighted by Gasteiger charge is 2.10. The molecule has 7 heteroatoms. The first kappa shape index (κ1) is 15.0. The van der Waals surface area contributed by atoms with E-state index in [4.69, 9.17) is 10.5 Å². The summed E-state index contributed by atoms with van der Waals surface area (Å²) in [5.41, 5.74) is 8.30. The Kier molecular flexibility index (Phi) is 3.87. The summed E-state index contributed by atoms with van der Waals surface area (Å²) in [6.45, 7) is 0. The summed E-state index contributed by atoms with van der Waals surface area (Å²) in [7, 11) is 0. The van der Waals surface area contributed by atoms with Gasteiger partial charge in [-0.3, -0.25) is 0 Å². The van der Waals surface area contributed by atoms with E-state index in [1.807, 2.05) is 42.5 Å². The lowest BCUT2D eigenvalue weighted by molar-refractivity contribution is 0.466. The number of hydrogen-bond acceptors (Lipinski definition) is 6. The predicted octanol–water partition coefficient (Wildman–Crippen LogP) is 4.89. The third kappa shape index (κ3) is 2.95. The van der Waals surface area contributed by atoms with Crippen LogP contribution in [0.5, 0.6) is 11.6 Å². The zero-order chi connectivity index (χ0) is 16.5. The Hall–Kier alpha value is -2.51. The van der Waals surface area contributed by atoms with Gasteiger partial charge in [0.15, 0.2) is 10.9 Å². The summed E-state index contributed by atoms with van der Waals surface area (Å²) in [5.74, 6) is 1.09. The van der Waals surface area contributed by atoms with Crippen LogP contribution in [0.4, 0.5) is 5.13 Å². The number of rotatable bonds is 3. The van der Waals surface area contributed by atoms with Crippen molar-refractivity contribution in [3.8, 4) is 22.9 Å². The number of ether oxygens (including phenoxy) is 1. The Labute approximate surface area is 150 Å². The van der Waals surface area contributed by atoms with Gasteiger partial charge in [0.05, 0.1) is 10.4 Å². The predicted molar refractivity (Wildman–Crippen MR) is 99.3 cm³/mol. The average molecular weight is 399 g/mol. The Morgan fingerprint density at radius 3 is 2.71 bits per heavy atom. The van der Waals surface area contributed by atoms with Gasteiger partial charge in [-0.25, -0.2) is 15.0 Å². The SMILES string of the molecule is Nc1nc2c(Oc3cc(-c4ccc(Br)cc4)ncn3)cccc2s1. The molecule has 0 spiro atoms. The molecule has 0 aliphatic rings. The maximum Gasteiger partial charge on any atom is 0.222 e. The maximum atomic E-state index is 5.92. The number of nitrogen functional groups attached to an aromatic ring is 1. The average Bonchev–Trinajstić information content (AvgIpc) is 2.97. The fourth-order valence-electron chi connectivity index (χ4n) is 2.31. The summed E-state index contributed by atoms with van der Waals surface area (Å²) in [4.78, 5) is 12.8. The lowest BCUT2D eigenvalue weighted by Crippen LogP contribution is -1.92. The molecule has 0 radical (unpaired) electrons. The molecule has 24 heavy (non-hydrogen) atoms. The van der Waals surface area contributed by atoms with Gasteiger partial charge in [0.2, 0.25) is 5.88 Å². The highest BCUT2D eigenvalue weighted by molar-refractivity contribution is 9.10. The molecule has 4 aromatic rings. The molecule has 0 aliphatic carbocycles. The van der Waals surface area contributed by atoms with Gasteiger partial charge in [0.25, 0.3) is 0 Å². The second kappa shape index (κ2) is 6.18. The number of aromatic nitrogens is 3. The van der Waals surface area contributed by atoms with Crippen molar-refractivity contribution in [1.82, 2.24) is 15.0 Å². The molecular weight excluding hydrogens is 388 g/mol. The summed E-state index contributed by atoms with van der Waals surface area (Å²) in [5, 5.41) is 0.513. The van der Waals surface area contributed by atoms with E-state index in [2.05, 4.69) is 30.9 Å². The summed E-state index contributed by atoms with van der Waals surface area (Å²) in [6, 6.07) is 15.4. The minimum atomic E-state index is 0.460. The Morgan fingerprint density at radius 1 is 1.04 bits per heavy atom. The van der Waals surface area contributed by atoms with Crippen molar-refractivity contribution in [2.24, 2.45) is 0 Å². The van der Waals surface area contributed by atoms with E-state index < -0.39 is 0 Å². The molecule has 5 nitrogen and oxygen atoms in total. The van der Waals surface area contributed by atoms with Gasteiger partial charge in [-0.2, -0.15) is 0 Å². The quantitative estimate of drug-likeness (QED) is 0.531. The minimum absolute atomic E-state index is 0.460. The monoisotopic (exact) mass is 398 g/mol. The molecule has 0 amide bonds. The van der Waals surface area contributed by atoms with Crippen LogP contribution < -0.4 is 10.5 Å². The number of halogens is 1. The highest BCUT2D eigenvalue weighted by Crippen LogP contribution is 2.33. The van der Waals surface area contributed by atoms with E-state index in [-0.39, 0.29) is 0 Å². The van der Waals surface area contributed by atoms with Crippen LogP contribution in [0.3, 0.4) is 0 Å². The topological polar surface area (TPSA) is 73.9 Å². The minimum Gasteiger partial charge on any atom is -0.437 e. The van der Waals surface area contributed by atoms with Crippen LogP contribution in [0.2, 0.25) is 0 Å². The molecule has 2 aromatic heterocycles. The third-order valence-electron chi connectivity index (χ3n) is 3.40. The molecule has 4 rings (SSSR count). The Morgan fingerprint density at radius 2 is 1.88 bits per heavy atom. The largest absolute Gasteiger partial charge is 0.437 e. The number of para-hydroxylation sites is 1. The molecule has 0 fully saturated rings. The van der Waals surface area contributed by atoms with Crippen molar-refractivity contribution in [3.63, 3.8) is 0 Å². The maximum absolute atomic E-state index is 5.92. The number of benzene rings is 2. The van der Waals surface area contributed by atoms with Gasteiger partial charge in [-0.15, -0.1) is 0 Å². The van der Waals surface area contributed by atoms with Crippen LogP contribution >= 0.6 is 27.3 Å². The van der Waals surface area contributed by atoms with Gasteiger partial charge in [0.1, 0.15) is 11.8 Å². The van der Waals surface area contributed by atoms with Crippen LogP contribution in [-0.2, 0) is 0 Å². The number of nitrogens with two attached hydrogens (primary N) is 1. The normalized spacial score (nSPS) is 10.9. The van der Waals surface area contributed by atoms with Crippen molar-refractivity contribution in [3.05, 3.63) is 59.3 Å². The second-order valence-electron chi connectivity index (χ2n) is 5.01. The van der Waals surface area contributed by atoms with E-state index >= 15 is 0 Å². The van der Waals surface area contributed by atoms with Crippen molar-refractivity contribution in [1.29, 1.82) is 0 Å². The van der Waals surface area contributed by atoms with Gasteiger partial charge in [-0.05, 0) is 24.3 Å². The summed E-state index contributed by atoms with van der Waals surface area (Å²) in [6.07, 6.45) is 1.49. The lowest BCUT2D eigenvalue weighted by Gasteiger charge is -2.07. The number of hydrogen-bond donors (Lipinski definition) is 1. The zero-order valence-corrected chi connectivity index (χ0v) is 14.7. The smallest absolute Gasteiger partial charge is 0.222 e. The van der Waals surface area contributed by atoms with E-state index in [0.29, 0.717) is 16.8 Å². The van der Waals surface area contributed by atoms with Crippen molar-refractivity contribution in [2.45, 2.75) is 0 Å². The van der Waals surface area contributed by atoms with Gasteiger partial charge in [-0.1, -0.05) is 45.5 Å². The Bertz CT molecular complexity index is 1020. The summed E-state index contributed by atoms with van der Waals surface area (Å²) < 4.78 is 7.92. The van der Waals surface area contributed by atoms with Crippen LogP contribution in [0, 0.1) is 0 Å². The third-order valence-corrected chi connectivity index (χ3v) is 4.77. The summed E-state index contributed by atoms with van der Waals surface area (Å²) >= 11 is 4.86. The van der Waals surface area contributed by atoms with Crippen molar-refractivity contribution in [2.75, 3.05) is 5.73 Å². The molecule has 0 unspecified atom stereocenters. The van der Waals surface area contributed by atoms with Gasteiger partial charge in [0, 0.05) is 16.1 Å². The zero-order valence-electron chi connectivity index (χ0n) is 12.3. The number of nitrogens with zero attached hydrogens (tertiary/aromatic N) is 3. The molecule has 2 aromatic carbocycles. The van der Waals surface area contributed by atoms with Crippen LogP contribution in [0.25, 0.3) is 21.5 Å². The van der Waals surface area contributed by atoms with Crippen molar-refractivity contribution >= 4 is 42.6 Å². The molecule has 118 valence electrons. The Balaban J connectivity index is 1.69. The van der Waals surface area contributed by atoms with Crippen LogP contribution in [0.15, 0.2) is 59.3 Å². The lowest BCUT2D eigenvalue weighted by atomic mass is 10.1. The molecule has 0 aliphatic heterocycles. The number of thiazole rings is 1.